The third kappa shape index (κ3) is 1.28. The molecule has 2 N–H and O–H groups in total. The Kier molecular flexibility index (Phi) is 1.59. The smallest absolute Gasteiger partial charge is 0.194 e. The number of hydrogen-bond donors (Lipinski definition) is 1. The second-order valence-corrected chi connectivity index (χ2v) is 2.96. The topological polar surface area (TPSA) is 56.2 Å². The van der Waals surface area contributed by atoms with E-state index in [2.05, 4.69) is 0 Å². The first-order valence-electron chi connectivity index (χ1n) is 3.97. The lowest BCUT2D eigenvalue weighted by Gasteiger charge is -1.89. The molecule has 1 aromatic heterocycles. The van der Waals surface area contributed by atoms with Crippen LogP contribution in [0.4, 0.5) is 5.69 Å². The van der Waals surface area contributed by atoms with Gasteiger partial charge in [0.25, 0.3) is 0 Å². The van der Waals surface area contributed by atoms with Crippen molar-refractivity contribution in [3.63, 3.8) is 0 Å². The first-order valence-corrected chi connectivity index (χ1v) is 3.97. The molecule has 0 aliphatic rings. The number of furan rings is 1. The van der Waals surface area contributed by atoms with Gasteiger partial charge < -0.3 is 10.2 Å². The van der Waals surface area contributed by atoms with Gasteiger partial charge in [0, 0.05) is 24.1 Å². The Morgan fingerprint density at radius 3 is 2.85 bits per heavy atom. The molecule has 0 bridgehead atoms. The summed E-state index contributed by atoms with van der Waals surface area (Å²) in [4.78, 5) is 11.0. The van der Waals surface area contributed by atoms with Crippen LogP contribution in [0, 0.1) is 0 Å². The van der Waals surface area contributed by atoms with Crippen LogP contribution in [0.1, 0.15) is 17.5 Å². The highest BCUT2D eigenvalue weighted by molar-refractivity contribution is 5.96. The van der Waals surface area contributed by atoms with Crippen LogP contribution in [0.2, 0.25) is 0 Å². The van der Waals surface area contributed by atoms with Gasteiger partial charge in [0.2, 0.25) is 0 Å². The van der Waals surface area contributed by atoms with Gasteiger partial charge in [-0.15, -0.1) is 0 Å². The zero-order chi connectivity index (χ0) is 9.42. The van der Waals surface area contributed by atoms with Crippen molar-refractivity contribution < 1.29 is 9.21 Å². The van der Waals surface area contributed by atoms with Crippen molar-refractivity contribution in [3.8, 4) is 0 Å². The largest absolute Gasteiger partial charge is 0.453 e. The lowest BCUT2D eigenvalue weighted by Crippen LogP contribution is -1.85. The van der Waals surface area contributed by atoms with Gasteiger partial charge in [0.05, 0.1) is 0 Å². The molecule has 1 heterocycles. The van der Waals surface area contributed by atoms with Crippen molar-refractivity contribution in [1.82, 2.24) is 0 Å². The second-order valence-electron chi connectivity index (χ2n) is 2.96. The van der Waals surface area contributed by atoms with Gasteiger partial charge in [-0.1, -0.05) is 0 Å². The zero-order valence-corrected chi connectivity index (χ0v) is 7.20. The molecule has 2 rings (SSSR count). The minimum absolute atomic E-state index is 0.0743. The van der Waals surface area contributed by atoms with Crippen LogP contribution in [-0.4, -0.2) is 5.78 Å². The molecule has 1 aromatic carbocycles. The first-order chi connectivity index (χ1) is 6.16. The summed E-state index contributed by atoms with van der Waals surface area (Å²) in [5.41, 5.74) is 6.86. The molecule has 2 aromatic rings. The average Bonchev–Trinajstić information content (AvgIpc) is 2.46. The molecular formula is C10H9NO2. The highest BCUT2D eigenvalue weighted by atomic mass is 16.3. The fourth-order valence-electron chi connectivity index (χ4n) is 1.22. The molecule has 3 heteroatoms. The molecule has 0 radical (unpaired) electrons. The molecule has 0 fully saturated rings. The SMILES string of the molecule is CC(=O)c1cc2ccc(N)cc2o1. The number of benzene rings is 1. The molecule has 13 heavy (non-hydrogen) atoms. The van der Waals surface area contributed by atoms with Gasteiger partial charge >= 0.3 is 0 Å². The highest BCUT2D eigenvalue weighted by Crippen LogP contribution is 2.21. The quantitative estimate of drug-likeness (QED) is 0.534. The second kappa shape index (κ2) is 2.62. The van der Waals surface area contributed by atoms with E-state index in [1.54, 1.807) is 18.2 Å². The maximum Gasteiger partial charge on any atom is 0.194 e. The van der Waals surface area contributed by atoms with Gasteiger partial charge in [-0.3, -0.25) is 4.79 Å². The highest BCUT2D eigenvalue weighted by Gasteiger charge is 2.06. The minimum Gasteiger partial charge on any atom is -0.453 e. The number of carbonyl (C=O) groups is 1. The van der Waals surface area contributed by atoms with E-state index in [0.29, 0.717) is 17.0 Å². The van der Waals surface area contributed by atoms with Crippen LogP contribution in [0.25, 0.3) is 11.0 Å². The standard InChI is InChI=1S/C10H9NO2/c1-6(12)9-4-7-2-3-8(11)5-10(7)13-9/h2-5H,11H2,1H3. The van der Waals surface area contributed by atoms with E-state index >= 15 is 0 Å². The number of Topliss-reactive ketones (excluding diaryl/α,β-unsaturated/α-hetero) is 1. The van der Waals surface area contributed by atoms with E-state index in [1.165, 1.54) is 6.92 Å². The number of anilines is 1. The van der Waals surface area contributed by atoms with Crippen molar-refractivity contribution in [2.75, 3.05) is 5.73 Å². The Hall–Kier alpha value is -1.77. The number of nitrogens with two attached hydrogens (primary N) is 1. The predicted molar refractivity (Wildman–Crippen MR) is 50.6 cm³/mol. The van der Waals surface area contributed by atoms with E-state index in [0.717, 1.165) is 5.39 Å². The van der Waals surface area contributed by atoms with Crippen LogP contribution in [0.15, 0.2) is 28.7 Å². The van der Waals surface area contributed by atoms with Crippen LogP contribution >= 0.6 is 0 Å². The molecule has 0 atom stereocenters. The van der Waals surface area contributed by atoms with Crippen LogP contribution < -0.4 is 5.73 Å². The van der Waals surface area contributed by atoms with E-state index in [4.69, 9.17) is 10.2 Å². The van der Waals surface area contributed by atoms with Crippen molar-refractivity contribution in [2.24, 2.45) is 0 Å². The first kappa shape index (κ1) is 7.86. The molecule has 66 valence electrons. The maximum absolute atomic E-state index is 11.0. The summed E-state index contributed by atoms with van der Waals surface area (Å²) in [5.74, 6) is 0.301. The average molecular weight is 175 g/mol. The lowest BCUT2D eigenvalue weighted by molar-refractivity contribution is 0.0989. The number of rotatable bonds is 1. The number of nitrogen functional groups attached to an aromatic ring is 1. The molecule has 3 nitrogen and oxygen atoms in total. The van der Waals surface area contributed by atoms with Crippen molar-refractivity contribution in [3.05, 3.63) is 30.0 Å². The van der Waals surface area contributed by atoms with E-state index in [1.807, 2.05) is 6.07 Å². The monoisotopic (exact) mass is 175 g/mol. The summed E-state index contributed by atoms with van der Waals surface area (Å²) >= 11 is 0. The molecule has 0 saturated heterocycles. The molecule has 0 spiro atoms. The lowest BCUT2D eigenvalue weighted by atomic mass is 10.2. The minimum atomic E-state index is -0.0743. The summed E-state index contributed by atoms with van der Waals surface area (Å²) < 4.78 is 5.28. The third-order valence-electron chi connectivity index (χ3n) is 1.89. The van der Waals surface area contributed by atoms with Crippen molar-refractivity contribution in [2.45, 2.75) is 6.92 Å². The third-order valence-corrected chi connectivity index (χ3v) is 1.89. The predicted octanol–water partition coefficient (Wildman–Crippen LogP) is 2.22. The van der Waals surface area contributed by atoms with Gasteiger partial charge in [-0.25, -0.2) is 0 Å². The normalized spacial score (nSPS) is 10.5. The zero-order valence-electron chi connectivity index (χ0n) is 7.20. The summed E-state index contributed by atoms with van der Waals surface area (Å²) in [6.07, 6.45) is 0. The molecular weight excluding hydrogens is 166 g/mol. The molecule has 0 aliphatic carbocycles. The summed E-state index contributed by atoms with van der Waals surface area (Å²) in [5, 5.41) is 0.902. The van der Waals surface area contributed by atoms with Crippen LogP contribution in [-0.2, 0) is 0 Å². The van der Waals surface area contributed by atoms with Gasteiger partial charge in [-0.05, 0) is 18.2 Å². The van der Waals surface area contributed by atoms with Gasteiger partial charge in [-0.2, -0.15) is 0 Å². The van der Waals surface area contributed by atoms with Crippen LogP contribution in [0.3, 0.4) is 0 Å². The Labute approximate surface area is 75.1 Å². The van der Waals surface area contributed by atoms with E-state index in [-0.39, 0.29) is 5.78 Å². The number of ketones is 1. The fourth-order valence-corrected chi connectivity index (χ4v) is 1.22. The van der Waals surface area contributed by atoms with Crippen molar-refractivity contribution in [1.29, 1.82) is 0 Å². The van der Waals surface area contributed by atoms with E-state index in [9.17, 15) is 4.79 Å². The molecule has 0 unspecified atom stereocenters. The van der Waals surface area contributed by atoms with Gasteiger partial charge in [0.15, 0.2) is 11.5 Å². The Morgan fingerprint density at radius 2 is 2.15 bits per heavy atom. The van der Waals surface area contributed by atoms with E-state index < -0.39 is 0 Å². The summed E-state index contributed by atoms with van der Waals surface area (Å²) in [7, 11) is 0. The summed E-state index contributed by atoms with van der Waals surface area (Å²) in [6.45, 7) is 1.47. The Morgan fingerprint density at radius 1 is 1.38 bits per heavy atom. The molecule has 0 aliphatic heterocycles. The van der Waals surface area contributed by atoms with Crippen LogP contribution in [0.5, 0.6) is 0 Å². The number of fused-ring (bicyclic) bond motifs is 1. The van der Waals surface area contributed by atoms with Gasteiger partial charge in [0.1, 0.15) is 5.58 Å². The fraction of sp³-hybridized carbons (Fsp3) is 0.100. The number of hydrogen-bond acceptors (Lipinski definition) is 3. The Balaban J connectivity index is 2.68. The maximum atomic E-state index is 11.0. The summed E-state index contributed by atoms with van der Waals surface area (Å²) in [6, 6.07) is 7.04. The molecule has 0 amide bonds. The Bertz CT molecular complexity index is 471. The van der Waals surface area contributed by atoms with Crippen molar-refractivity contribution >= 4 is 22.4 Å². The molecule has 0 saturated carbocycles. The number of carbonyl (C=O) groups excluding carboxylic acids is 1.